The van der Waals surface area contributed by atoms with Crippen molar-refractivity contribution in [1.82, 2.24) is 20.1 Å². The summed E-state index contributed by atoms with van der Waals surface area (Å²) in [4.78, 5) is 12.6. The van der Waals surface area contributed by atoms with E-state index in [0.717, 1.165) is 15.4 Å². The number of fused-ring (bicyclic) bond motifs is 1. The van der Waals surface area contributed by atoms with Gasteiger partial charge in [-0.1, -0.05) is 21.1 Å². The van der Waals surface area contributed by atoms with E-state index in [1.54, 1.807) is 31.2 Å². The zero-order chi connectivity index (χ0) is 17.9. The van der Waals surface area contributed by atoms with Crippen LogP contribution >= 0.6 is 15.9 Å². The maximum Gasteiger partial charge on any atom is 0.264 e. The molecule has 0 saturated heterocycles. The Balaban J connectivity index is 1.48. The standard InChI is InChI=1S/C18H13BrN4O3/c1-11-22-17(26-23-11)9-24-13-3-5-14(6-4-13)25-18-15-8-12(19)2-7-16(15)20-10-21-18/h2-8,10H,9H2,1H3. The van der Waals surface area contributed by atoms with Crippen molar-refractivity contribution in [2.45, 2.75) is 13.5 Å². The van der Waals surface area contributed by atoms with Crippen molar-refractivity contribution in [3.8, 4) is 17.4 Å². The Kier molecular flexibility index (Phi) is 4.49. The summed E-state index contributed by atoms with van der Waals surface area (Å²) >= 11 is 3.45. The Morgan fingerprint density at radius 2 is 1.85 bits per heavy atom. The fraction of sp³-hybridized carbons (Fsp3) is 0.111. The molecule has 0 aliphatic rings. The van der Waals surface area contributed by atoms with Gasteiger partial charge in [0.25, 0.3) is 5.89 Å². The molecule has 130 valence electrons. The molecule has 0 aliphatic heterocycles. The summed E-state index contributed by atoms with van der Waals surface area (Å²) in [7, 11) is 0. The third-order valence-electron chi connectivity index (χ3n) is 3.53. The van der Waals surface area contributed by atoms with Gasteiger partial charge in [0.1, 0.15) is 17.8 Å². The van der Waals surface area contributed by atoms with Gasteiger partial charge in [-0.25, -0.2) is 9.97 Å². The summed E-state index contributed by atoms with van der Waals surface area (Å²) in [6, 6.07) is 13.0. The first kappa shape index (κ1) is 16.5. The van der Waals surface area contributed by atoms with Crippen LogP contribution in [0.5, 0.6) is 17.4 Å². The summed E-state index contributed by atoms with van der Waals surface area (Å²) in [6.45, 7) is 1.97. The van der Waals surface area contributed by atoms with Gasteiger partial charge in [0.05, 0.1) is 10.9 Å². The van der Waals surface area contributed by atoms with Crippen molar-refractivity contribution < 1.29 is 14.0 Å². The van der Waals surface area contributed by atoms with E-state index in [1.165, 1.54) is 6.33 Å². The van der Waals surface area contributed by atoms with Crippen LogP contribution in [0.3, 0.4) is 0 Å². The maximum atomic E-state index is 5.90. The highest BCUT2D eigenvalue weighted by molar-refractivity contribution is 9.10. The second kappa shape index (κ2) is 7.09. The number of halogens is 1. The van der Waals surface area contributed by atoms with Gasteiger partial charge in [-0.3, -0.25) is 0 Å². The van der Waals surface area contributed by atoms with Gasteiger partial charge in [0.15, 0.2) is 12.4 Å². The fourth-order valence-electron chi connectivity index (χ4n) is 2.35. The van der Waals surface area contributed by atoms with Crippen LogP contribution in [0.25, 0.3) is 10.9 Å². The zero-order valence-corrected chi connectivity index (χ0v) is 15.3. The molecule has 0 amide bonds. The SMILES string of the molecule is Cc1noc(COc2ccc(Oc3ncnc4ccc(Br)cc34)cc2)n1. The minimum atomic E-state index is 0.214. The molecule has 0 spiro atoms. The lowest BCUT2D eigenvalue weighted by molar-refractivity contribution is 0.242. The second-order valence-electron chi connectivity index (χ2n) is 5.44. The molecule has 0 N–H and O–H groups in total. The van der Waals surface area contributed by atoms with Gasteiger partial charge < -0.3 is 14.0 Å². The summed E-state index contributed by atoms with van der Waals surface area (Å²) in [5.41, 5.74) is 0.813. The largest absolute Gasteiger partial charge is 0.484 e. The monoisotopic (exact) mass is 412 g/mol. The molecule has 2 aromatic carbocycles. The third-order valence-corrected chi connectivity index (χ3v) is 4.02. The lowest BCUT2D eigenvalue weighted by atomic mass is 10.2. The van der Waals surface area contributed by atoms with Crippen LogP contribution in [0.15, 0.2) is 57.8 Å². The number of aromatic nitrogens is 4. The number of rotatable bonds is 5. The number of hydrogen-bond donors (Lipinski definition) is 0. The molecule has 0 atom stereocenters. The van der Waals surface area contributed by atoms with Crippen molar-refractivity contribution in [2.24, 2.45) is 0 Å². The number of hydrogen-bond acceptors (Lipinski definition) is 7. The second-order valence-corrected chi connectivity index (χ2v) is 6.35. The van der Waals surface area contributed by atoms with Crippen LogP contribution < -0.4 is 9.47 Å². The molecule has 0 saturated carbocycles. The quantitative estimate of drug-likeness (QED) is 0.478. The molecule has 0 unspecified atom stereocenters. The lowest BCUT2D eigenvalue weighted by Gasteiger charge is -2.08. The smallest absolute Gasteiger partial charge is 0.264 e. The van der Waals surface area contributed by atoms with Gasteiger partial charge in [-0.15, -0.1) is 0 Å². The minimum Gasteiger partial charge on any atom is -0.484 e. The molecule has 0 aliphatic carbocycles. The highest BCUT2D eigenvalue weighted by Crippen LogP contribution is 2.29. The van der Waals surface area contributed by atoms with Crippen molar-refractivity contribution in [2.75, 3.05) is 0 Å². The topological polar surface area (TPSA) is 83.2 Å². The van der Waals surface area contributed by atoms with Crippen LogP contribution in [-0.4, -0.2) is 20.1 Å². The zero-order valence-electron chi connectivity index (χ0n) is 13.7. The highest BCUT2D eigenvalue weighted by atomic mass is 79.9. The minimum absolute atomic E-state index is 0.214. The van der Waals surface area contributed by atoms with E-state index < -0.39 is 0 Å². The molecule has 26 heavy (non-hydrogen) atoms. The van der Waals surface area contributed by atoms with E-state index in [0.29, 0.717) is 29.1 Å². The van der Waals surface area contributed by atoms with Crippen LogP contribution in [0.1, 0.15) is 11.7 Å². The van der Waals surface area contributed by atoms with Crippen molar-refractivity contribution >= 4 is 26.8 Å². The molecule has 4 aromatic rings. The third kappa shape index (κ3) is 3.65. The molecular formula is C18H13BrN4O3. The summed E-state index contributed by atoms with van der Waals surface area (Å²) < 4.78 is 17.5. The van der Waals surface area contributed by atoms with Gasteiger partial charge >= 0.3 is 0 Å². The number of ether oxygens (including phenoxy) is 2. The Labute approximate surface area is 157 Å². The highest BCUT2D eigenvalue weighted by Gasteiger charge is 2.08. The van der Waals surface area contributed by atoms with E-state index in [9.17, 15) is 0 Å². The predicted molar refractivity (Wildman–Crippen MR) is 97.1 cm³/mol. The van der Waals surface area contributed by atoms with Crippen LogP contribution in [-0.2, 0) is 6.61 Å². The Morgan fingerprint density at radius 1 is 1.04 bits per heavy atom. The first-order valence-corrected chi connectivity index (χ1v) is 8.57. The summed E-state index contributed by atoms with van der Waals surface area (Å²) in [6.07, 6.45) is 1.48. The van der Waals surface area contributed by atoms with Gasteiger partial charge in [0.2, 0.25) is 5.88 Å². The van der Waals surface area contributed by atoms with E-state index >= 15 is 0 Å². The molecule has 8 heteroatoms. The molecule has 0 bridgehead atoms. The summed E-state index contributed by atoms with van der Waals surface area (Å²) in [5.74, 6) is 2.82. The Hall–Kier alpha value is -3.00. The molecule has 0 radical (unpaired) electrons. The normalized spacial score (nSPS) is 10.8. The first-order chi connectivity index (χ1) is 12.7. The van der Waals surface area contributed by atoms with Crippen LogP contribution in [0, 0.1) is 6.92 Å². The van der Waals surface area contributed by atoms with Crippen LogP contribution in [0.4, 0.5) is 0 Å². The van der Waals surface area contributed by atoms with Crippen molar-refractivity contribution in [3.63, 3.8) is 0 Å². The molecule has 2 heterocycles. The molecule has 2 aromatic heterocycles. The lowest BCUT2D eigenvalue weighted by Crippen LogP contribution is -1.96. The first-order valence-electron chi connectivity index (χ1n) is 7.77. The predicted octanol–water partition coefficient (Wildman–Crippen LogP) is 4.46. The van der Waals surface area contributed by atoms with Crippen molar-refractivity contribution in [1.29, 1.82) is 0 Å². The van der Waals surface area contributed by atoms with E-state index in [-0.39, 0.29) is 6.61 Å². The van der Waals surface area contributed by atoms with Gasteiger partial charge in [-0.05, 0) is 49.4 Å². The summed E-state index contributed by atoms with van der Waals surface area (Å²) in [5, 5.41) is 4.55. The average Bonchev–Trinajstić information content (AvgIpc) is 3.07. The van der Waals surface area contributed by atoms with Gasteiger partial charge in [0, 0.05) is 4.47 Å². The van der Waals surface area contributed by atoms with E-state index in [4.69, 9.17) is 14.0 Å². The van der Waals surface area contributed by atoms with Crippen LogP contribution in [0.2, 0.25) is 0 Å². The van der Waals surface area contributed by atoms with Crippen molar-refractivity contribution in [3.05, 3.63) is 65.0 Å². The average molecular weight is 413 g/mol. The number of nitrogens with zero attached hydrogens (tertiary/aromatic N) is 4. The number of benzene rings is 2. The van der Waals surface area contributed by atoms with E-state index in [2.05, 4.69) is 36.0 Å². The molecular weight excluding hydrogens is 400 g/mol. The number of aryl methyl sites for hydroxylation is 1. The van der Waals surface area contributed by atoms with Gasteiger partial charge in [-0.2, -0.15) is 4.98 Å². The molecule has 0 fully saturated rings. The van der Waals surface area contributed by atoms with E-state index in [1.807, 2.05) is 18.2 Å². The maximum absolute atomic E-state index is 5.90. The fourth-order valence-corrected chi connectivity index (χ4v) is 2.71. The Bertz CT molecular complexity index is 1050. The Morgan fingerprint density at radius 3 is 2.62 bits per heavy atom. The molecule has 7 nitrogen and oxygen atoms in total. The molecule has 4 rings (SSSR count).